The number of aliphatic hydroxyl groups is 1. The van der Waals surface area contributed by atoms with Crippen molar-refractivity contribution in [3.05, 3.63) is 52.3 Å². The third kappa shape index (κ3) is 2.31. The molecule has 0 bridgehead atoms. The number of aliphatic hydroxyl groups excluding tert-OH is 1. The molecule has 3 nitrogen and oxygen atoms in total. The summed E-state index contributed by atoms with van der Waals surface area (Å²) in [7, 11) is 1.89. The van der Waals surface area contributed by atoms with Crippen molar-refractivity contribution in [2.75, 3.05) is 0 Å². The minimum absolute atomic E-state index is 0.488. The van der Waals surface area contributed by atoms with E-state index >= 15 is 0 Å². The van der Waals surface area contributed by atoms with Crippen LogP contribution in [-0.4, -0.2) is 14.9 Å². The van der Waals surface area contributed by atoms with E-state index in [1.165, 1.54) is 16.7 Å². The summed E-state index contributed by atoms with van der Waals surface area (Å²) in [6.07, 6.45) is 1.91. The molecule has 0 saturated carbocycles. The first kappa shape index (κ1) is 12.8. The minimum Gasteiger partial charge on any atom is -0.388 e. The third-order valence-corrected chi connectivity index (χ3v) is 3.67. The topological polar surface area (TPSA) is 38.1 Å². The molecule has 1 heterocycles. The van der Waals surface area contributed by atoms with Gasteiger partial charge in [0, 0.05) is 24.7 Å². The Bertz CT molecular complexity index is 537. The van der Waals surface area contributed by atoms with E-state index in [0.717, 1.165) is 11.3 Å². The number of nitrogens with zero attached hydrogens (tertiary/aromatic N) is 2. The molecular weight excluding hydrogens is 224 g/mol. The van der Waals surface area contributed by atoms with E-state index in [1.54, 1.807) is 10.9 Å². The second kappa shape index (κ2) is 4.94. The Kier molecular flexibility index (Phi) is 3.53. The van der Waals surface area contributed by atoms with E-state index < -0.39 is 6.10 Å². The number of hydrogen-bond acceptors (Lipinski definition) is 2. The Labute approximate surface area is 108 Å². The fourth-order valence-electron chi connectivity index (χ4n) is 2.32. The molecular formula is C15H20N2O. The van der Waals surface area contributed by atoms with Gasteiger partial charge in [-0.2, -0.15) is 5.10 Å². The van der Waals surface area contributed by atoms with E-state index in [1.807, 2.05) is 14.0 Å². The molecule has 0 fully saturated rings. The van der Waals surface area contributed by atoms with Crippen LogP contribution in [-0.2, 0) is 13.5 Å². The van der Waals surface area contributed by atoms with Gasteiger partial charge in [0.15, 0.2) is 0 Å². The van der Waals surface area contributed by atoms with Crippen LogP contribution in [0.1, 0.15) is 34.1 Å². The van der Waals surface area contributed by atoms with Crippen molar-refractivity contribution in [3.63, 3.8) is 0 Å². The minimum atomic E-state index is -0.488. The van der Waals surface area contributed by atoms with Gasteiger partial charge in [0.25, 0.3) is 0 Å². The van der Waals surface area contributed by atoms with Crippen molar-refractivity contribution < 1.29 is 5.11 Å². The smallest absolute Gasteiger partial charge is 0.0863 e. The lowest BCUT2D eigenvalue weighted by atomic mass is 9.95. The lowest BCUT2D eigenvalue weighted by Crippen LogP contribution is -2.06. The van der Waals surface area contributed by atoms with Crippen molar-refractivity contribution in [2.24, 2.45) is 7.05 Å². The van der Waals surface area contributed by atoms with Gasteiger partial charge in [-0.1, -0.05) is 18.2 Å². The van der Waals surface area contributed by atoms with Crippen LogP contribution >= 0.6 is 0 Å². The Morgan fingerprint density at radius 3 is 2.33 bits per heavy atom. The molecule has 0 aliphatic rings. The van der Waals surface area contributed by atoms with E-state index in [9.17, 15) is 5.11 Å². The number of aromatic nitrogens is 2. The summed E-state index contributed by atoms with van der Waals surface area (Å²) in [5.41, 5.74) is 5.63. The van der Waals surface area contributed by atoms with Crippen molar-refractivity contribution >= 4 is 0 Å². The molecule has 0 aliphatic carbocycles. The number of hydrogen-bond donors (Lipinski definition) is 1. The van der Waals surface area contributed by atoms with Crippen molar-refractivity contribution in [2.45, 2.75) is 33.3 Å². The summed E-state index contributed by atoms with van der Waals surface area (Å²) in [5.74, 6) is 0. The molecule has 96 valence electrons. The molecule has 1 atom stereocenters. The zero-order chi connectivity index (χ0) is 13.3. The normalized spacial score (nSPS) is 12.7. The number of benzene rings is 1. The van der Waals surface area contributed by atoms with Gasteiger partial charge < -0.3 is 5.11 Å². The summed E-state index contributed by atoms with van der Waals surface area (Å²) in [4.78, 5) is 0. The van der Waals surface area contributed by atoms with E-state index in [4.69, 9.17) is 0 Å². The Morgan fingerprint density at radius 2 is 1.83 bits per heavy atom. The van der Waals surface area contributed by atoms with Crippen molar-refractivity contribution in [1.29, 1.82) is 0 Å². The van der Waals surface area contributed by atoms with Crippen LogP contribution in [0, 0.1) is 20.8 Å². The molecule has 1 aromatic heterocycles. The molecule has 3 heteroatoms. The Hall–Kier alpha value is -1.61. The molecule has 0 spiro atoms. The molecule has 0 amide bonds. The first-order chi connectivity index (χ1) is 8.50. The maximum absolute atomic E-state index is 10.4. The lowest BCUT2D eigenvalue weighted by molar-refractivity contribution is 0.177. The third-order valence-electron chi connectivity index (χ3n) is 3.67. The van der Waals surface area contributed by atoms with Crippen LogP contribution in [0.25, 0.3) is 0 Å². The van der Waals surface area contributed by atoms with Gasteiger partial charge in [-0.25, -0.2) is 0 Å². The maximum Gasteiger partial charge on any atom is 0.0863 e. The van der Waals surface area contributed by atoms with E-state index in [0.29, 0.717) is 6.42 Å². The van der Waals surface area contributed by atoms with E-state index in [-0.39, 0.29) is 0 Å². The average molecular weight is 244 g/mol. The molecule has 1 N–H and O–H groups in total. The zero-order valence-corrected chi connectivity index (χ0v) is 11.4. The predicted molar refractivity (Wildman–Crippen MR) is 72.5 cm³/mol. The van der Waals surface area contributed by atoms with Crippen LogP contribution in [0.15, 0.2) is 24.4 Å². The van der Waals surface area contributed by atoms with Crippen molar-refractivity contribution in [3.8, 4) is 0 Å². The van der Waals surface area contributed by atoms with Gasteiger partial charge in [-0.15, -0.1) is 0 Å². The number of rotatable bonds is 3. The van der Waals surface area contributed by atoms with E-state index in [2.05, 4.69) is 37.1 Å². The summed E-state index contributed by atoms with van der Waals surface area (Å²) in [6.45, 7) is 6.16. The maximum atomic E-state index is 10.4. The molecule has 0 radical (unpaired) electrons. The molecule has 2 rings (SSSR count). The van der Waals surface area contributed by atoms with Gasteiger partial charge in [-0.3, -0.25) is 4.68 Å². The van der Waals surface area contributed by atoms with Crippen LogP contribution in [0.2, 0.25) is 0 Å². The second-order valence-electron chi connectivity index (χ2n) is 4.90. The monoisotopic (exact) mass is 244 g/mol. The lowest BCUT2D eigenvalue weighted by Gasteiger charge is -2.14. The summed E-state index contributed by atoms with van der Waals surface area (Å²) >= 11 is 0. The Morgan fingerprint density at radius 1 is 1.22 bits per heavy atom. The highest BCUT2D eigenvalue weighted by atomic mass is 16.3. The predicted octanol–water partition coefficient (Wildman–Crippen LogP) is 2.62. The first-order valence-corrected chi connectivity index (χ1v) is 6.22. The quantitative estimate of drug-likeness (QED) is 0.901. The average Bonchev–Trinajstić information content (AvgIpc) is 2.65. The van der Waals surface area contributed by atoms with Crippen LogP contribution in [0.4, 0.5) is 0 Å². The standard InChI is InChI=1S/C15H20N2O/c1-10-6-5-7-11(2)13(10)8-15(18)14-9-16-17(4)12(14)3/h5-7,9,15,18H,8H2,1-4H3. The molecule has 1 aromatic carbocycles. The van der Waals surface area contributed by atoms with Gasteiger partial charge >= 0.3 is 0 Å². The summed E-state index contributed by atoms with van der Waals surface area (Å²) < 4.78 is 1.79. The highest BCUT2D eigenvalue weighted by Crippen LogP contribution is 2.24. The summed E-state index contributed by atoms with van der Waals surface area (Å²) in [5, 5.41) is 14.5. The van der Waals surface area contributed by atoms with Gasteiger partial charge in [-0.05, 0) is 37.5 Å². The fraction of sp³-hybridized carbons (Fsp3) is 0.400. The van der Waals surface area contributed by atoms with Crippen LogP contribution < -0.4 is 0 Å². The summed E-state index contributed by atoms with van der Waals surface area (Å²) in [6, 6.07) is 6.23. The highest BCUT2D eigenvalue weighted by Gasteiger charge is 2.16. The zero-order valence-electron chi connectivity index (χ0n) is 11.4. The number of aryl methyl sites for hydroxylation is 3. The molecule has 18 heavy (non-hydrogen) atoms. The molecule has 0 saturated heterocycles. The largest absolute Gasteiger partial charge is 0.388 e. The van der Waals surface area contributed by atoms with Gasteiger partial charge in [0.2, 0.25) is 0 Å². The van der Waals surface area contributed by atoms with Crippen molar-refractivity contribution in [1.82, 2.24) is 9.78 Å². The molecule has 0 aliphatic heterocycles. The Balaban J connectivity index is 2.27. The van der Waals surface area contributed by atoms with Gasteiger partial charge in [0.1, 0.15) is 0 Å². The second-order valence-corrected chi connectivity index (χ2v) is 4.90. The van der Waals surface area contributed by atoms with Gasteiger partial charge in [0.05, 0.1) is 12.3 Å². The highest BCUT2D eigenvalue weighted by molar-refractivity contribution is 5.35. The van der Waals surface area contributed by atoms with Crippen LogP contribution in [0.3, 0.4) is 0 Å². The van der Waals surface area contributed by atoms with Crippen LogP contribution in [0.5, 0.6) is 0 Å². The fourth-order valence-corrected chi connectivity index (χ4v) is 2.32. The molecule has 1 unspecified atom stereocenters. The molecule has 2 aromatic rings. The first-order valence-electron chi connectivity index (χ1n) is 6.22. The SMILES string of the molecule is Cc1cccc(C)c1CC(O)c1cnn(C)c1C.